The monoisotopic (exact) mass is 373 g/mol. The van der Waals surface area contributed by atoms with E-state index in [4.69, 9.17) is 18.9 Å². The molecule has 0 aliphatic rings. The van der Waals surface area contributed by atoms with Crippen LogP contribution in [0.1, 0.15) is 10.6 Å². The highest BCUT2D eigenvalue weighted by Gasteiger charge is 2.18. The SMILES string of the molecule is COc1ccc(/C=C/c2nc3cc(OC)c(OC)c(OC)c3s2)cc1O. The van der Waals surface area contributed by atoms with Crippen LogP contribution in [-0.2, 0) is 0 Å². The van der Waals surface area contributed by atoms with Crippen LogP contribution >= 0.6 is 11.3 Å². The number of hydrogen-bond donors (Lipinski definition) is 1. The first-order valence-corrected chi connectivity index (χ1v) is 8.57. The van der Waals surface area contributed by atoms with Gasteiger partial charge < -0.3 is 24.1 Å². The Kier molecular flexibility index (Phi) is 5.18. The molecule has 7 heteroatoms. The lowest BCUT2D eigenvalue weighted by molar-refractivity contribution is 0.327. The third-order valence-electron chi connectivity index (χ3n) is 3.82. The van der Waals surface area contributed by atoms with E-state index in [1.54, 1.807) is 33.5 Å². The molecule has 0 bridgehead atoms. The summed E-state index contributed by atoms with van der Waals surface area (Å²) in [5.74, 6) is 2.24. The van der Waals surface area contributed by atoms with Gasteiger partial charge >= 0.3 is 0 Å². The number of phenolic OH excluding ortho intramolecular Hbond substituents is 1. The number of fused-ring (bicyclic) bond motifs is 1. The first kappa shape index (κ1) is 17.9. The molecule has 26 heavy (non-hydrogen) atoms. The van der Waals surface area contributed by atoms with Gasteiger partial charge in [-0.15, -0.1) is 11.3 Å². The summed E-state index contributed by atoms with van der Waals surface area (Å²) < 4.78 is 22.2. The molecule has 0 saturated carbocycles. The van der Waals surface area contributed by atoms with Gasteiger partial charge in [0.15, 0.2) is 23.0 Å². The van der Waals surface area contributed by atoms with Gasteiger partial charge in [-0.1, -0.05) is 12.1 Å². The smallest absolute Gasteiger partial charge is 0.204 e. The fourth-order valence-electron chi connectivity index (χ4n) is 2.59. The number of aromatic hydroxyl groups is 1. The zero-order valence-corrected chi connectivity index (χ0v) is 15.7. The van der Waals surface area contributed by atoms with Gasteiger partial charge in [-0.25, -0.2) is 4.98 Å². The maximum absolute atomic E-state index is 9.87. The third-order valence-corrected chi connectivity index (χ3v) is 4.86. The number of aromatic nitrogens is 1. The molecule has 3 rings (SSSR count). The summed E-state index contributed by atoms with van der Waals surface area (Å²) in [5.41, 5.74) is 1.60. The number of benzene rings is 2. The van der Waals surface area contributed by atoms with Crippen molar-refractivity contribution in [2.75, 3.05) is 28.4 Å². The Bertz CT molecular complexity index is 964. The Morgan fingerprint density at radius 1 is 0.885 bits per heavy atom. The number of rotatable bonds is 6. The van der Waals surface area contributed by atoms with E-state index in [9.17, 15) is 5.11 Å². The zero-order valence-electron chi connectivity index (χ0n) is 14.9. The molecule has 2 aromatic carbocycles. The molecule has 0 unspecified atom stereocenters. The molecule has 0 amide bonds. The lowest BCUT2D eigenvalue weighted by Crippen LogP contribution is -1.94. The van der Waals surface area contributed by atoms with Crippen molar-refractivity contribution in [3.05, 3.63) is 34.8 Å². The maximum atomic E-state index is 9.87. The van der Waals surface area contributed by atoms with Crippen LogP contribution in [0.15, 0.2) is 24.3 Å². The third kappa shape index (κ3) is 3.25. The maximum Gasteiger partial charge on any atom is 0.204 e. The van der Waals surface area contributed by atoms with E-state index < -0.39 is 0 Å². The van der Waals surface area contributed by atoms with Gasteiger partial charge in [0, 0.05) is 6.07 Å². The number of thiazole rings is 1. The number of methoxy groups -OCH3 is 4. The molecule has 3 aromatic rings. The van der Waals surface area contributed by atoms with Crippen molar-refractivity contribution >= 4 is 33.7 Å². The van der Waals surface area contributed by atoms with Crippen molar-refractivity contribution in [2.45, 2.75) is 0 Å². The molecule has 0 aliphatic carbocycles. The van der Waals surface area contributed by atoms with Crippen LogP contribution in [0.5, 0.6) is 28.7 Å². The first-order valence-electron chi connectivity index (χ1n) is 7.75. The molecular formula is C19H19NO5S. The fourth-order valence-corrected chi connectivity index (χ4v) is 3.56. The van der Waals surface area contributed by atoms with Crippen molar-refractivity contribution < 1.29 is 24.1 Å². The molecule has 6 nitrogen and oxygen atoms in total. The molecule has 0 atom stereocenters. The second kappa shape index (κ2) is 7.53. The largest absolute Gasteiger partial charge is 0.504 e. The van der Waals surface area contributed by atoms with Crippen molar-refractivity contribution in [1.82, 2.24) is 4.98 Å². The fraction of sp³-hybridized carbons (Fsp3) is 0.211. The van der Waals surface area contributed by atoms with Crippen molar-refractivity contribution in [1.29, 1.82) is 0 Å². The van der Waals surface area contributed by atoms with Crippen LogP contribution < -0.4 is 18.9 Å². The van der Waals surface area contributed by atoms with E-state index in [0.29, 0.717) is 23.0 Å². The number of ether oxygens (including phenoxy) is 4. The molecule has 1 aromatic heterocycles. The highest BCUT2D eigenvalue weighted by Crippen LogP contribution is 2.45. The predicted octanol–water partition coefficient (Wildman–Crippen LogP) is 4.21. The molecule has 0 fully saturated rings. The molecule has 0 aliphatic heterocycles. The molecule has 1 heterocycles. The van der Waals surface area contributed by atoms with E-state index in [2.05, 4.69) is 4.98 Å². The van der Waals surface area contributed by atoms with Gasteiger partial charge in [0.2, 0.25) is 5.75 Å². The quantitative estimate of drug-likeness (QED) is 0.698. The van der Waals surface area contributed by atoms with Crippen LogP contribution in [0, 0.1) is 0 Å². The molecule has 0 saturated heterocycles. The predicted molar refractivity (Wildman–Crippen MR) is 103 cm³/mol. The van der Waals surface area contributed by atoms with Crippen LogP contribution in [0.25, 0.3) is 22.4 Å². The summed E-state index contributed by atoms with van der Waals surface area (Å²) in [6.45, 7) is 0. The number of nitrogens with zero attached hydrogens (tertiary/aromatic N) is 1. The van der Waals surface area contributed by atoms with Crippen LogP contribution in [0.4, 0.5) is 0 Å². The summed E-state index contributed by atoms with van der Waals surface area (Å²) in [5, 5.41) is 10.7. The number of phenols is 1. The normalized spacial score (nSPS) is 11.1. The van der Waals surface area contributed by atoms with E-state index in [1.807, 2.05) is 24.3 Å². The molecule has 0 radical (unpaired) electrons. The van der Waals surface area contributed by atoms with E-state index in [0.717, 1.165) is 20.8 Å². The number of hydrogen-bond acceptors (Lipinski definition) is 7. The van der Waals surface area contributed by atoms with Gasteiger partial charge in [0.05, 0.1) is 34.0 Å². The first-order chi connectivity index (χ1) is 12.6. The zero-order chi connectivity index (χ0) is 18.7. The van der Waals surface area contributed by atoms with E-state index in [1.165, 1.54) is 18.4 Å². The van der Waals surface area contributed by atoms with Gasteiger partial charge in [-0.05, 0) is 23.8 Å². The van der Waals surface area contributed by atoms with Crippen LogP contribution in [0.2, 0.25) is 0 Å². The highest BCUT2D eigenvalue weighted by atomic mass is 32.1. The Morgan fingerprint density at radius 3 is 2.23 bits per heavy atom. The molecule has 1 N–H and O–H groups in total. The lowest BCUT2D eigenvalue weighted by Gasteiger charge is -2.11. The molecule has 136 valence electrons. The summed E-state index contributed by atoms with van der Waals surface area (Å²) in [6, 6.07) is 7.03. The minimum Gasteiger partial charge on any atom is -0.504 e. The van der Waals surface area contributed by atoms with Gasteiger partial charge in [-0.2, -0.15) is 0 Å². The summed E-state index contributed by atoms with van der Waals surface area (Å²) in [6.07, 6.45) is 3.75. The molecular weight excluding hydrogens is 354 g/mol. The van der Waals surface area contributed by atoms with Crippen molar-refractivity contribution in [3.8, 4) is 28.7 Å². The van der Waals surface area contributed by atoms with Gasteiger partial charge in [0.25, 0.3) is 0 Å². The van der Waals surface area contributed by atoms with Gasteiger partial charge in [-0.3, -0.25) is 0 Å². The average Bonchev–Trinajstić information content (AvgIpc) is 3.07. The van der Waals surface area contributed by atoms with Gasteiger partial charge in [0.1, 0.15) is 9.71 Å². The highest BCUT2D eigenvalue weighted by molar-refractivity contribution is 7.19. The second-order valence-corrected chi connectivity index (χ2v) is 6.34. The summed E-state index contributed by atoms with van der Waals surface area (Å²) in [7, 11) is 6.25. The Morgan fingerprint density at radius 2 is 1.62 bits per heavy atom. The Balaban J connectivity index is 2.00. The Hall–Kier alpha value is -2.93. The van der Waals surface area contributed by atoms with Crippen molar-refractivity contribution in [3.63, 3.8) is 0 Å². The van der Waals surface area contributed by atoms with E-state index >= 15 is 0 Å². The lowest BCUT2D eigenvalue weighted by atomic mass is 10.2. The molecule has 0 spiro atoms. The van der Waals surface area contributed by atoms with Crippen LogP contribution in [-0.4, -0.2) is 38.5 Å². The van der Waals surface area contributed by atoms with E-state index in [-0.39, 0.29) is 5.75 Å². The van der Waals surface area contributed by atoms with Crippen LogP contribution in [0.3, 0.4) is 0 Å². The average molecular weight is 373 g/mol. The van der Waals surface area contributed by atoms with Crippen molar-refractivity contribution in [2.24, 2.45) is 0 Å². The standard InChI is InChI=1S/C19H19NO5S/c1-22-14-7-5-11(9-13(14)21)6-8-16-20-12-10-15(23-2)17(24-3)18(25-4)19(12)26-16/h5-10,21H,1-4H3/b8-6+. The summed E-state index contributed by atoms with van der Waals surface area (Å²) in [4.78, 5) is 4.61. The summed E-state index contributed by atoms with van der Waals surface area (Å²) >= 11 is 1.48. The topological polar surface area (TPSA) is 70.0 Å². The Labute approximate surface area is 155 Å². The minimum absolute atomic E-state index is 0.0927. The minimum atomic E-state index is 0.0927. The second-order valence-electron chi connectivity index (χ2n) is 5.31.